The molecule has 6 heteroatoms. The Balaban J connectivity index is 1.49. The van der Waals surface area contributed by atoms with E-state index >= 15 is 0 Å². The van der Waals surface area contributed by atoms with Gasteiger partial charge in [-0.1, -0.05) is 30.8 Å². The van der Waals surface area contributed by atoms with Gasteiger partial charge in [-0.05, 0) is 54.9 Å². The number of aromatic nitrogens is 2. The summed E-state index contributed by atoms with van der Waals surface area (Å²) in [6.45, 7) is 6.01. The van der Waals surface area contributed by atoms with E-state index in [4.69, 9.17) is 10.1 Å². The summed E-state index contributed by atoms with van der Waals surface area (Å²) in [5.41, 5.74) is 6.93. The molecule has 3 heterocycles. The number of aryl methyl sites for hydroxylation is 1. The van der Waals surface area contributed by atoms with E-state index in [1.807, 2.05) is 12.1 Å². The predicted molar refractivity (Wildman–Crippen MR) is 120 cm³/mol. The third kappa shape index (κ3) is 4.30. The Bertz CT molecular complexity index is 1010. The third-order valence-corrected chi connectivity index (χ3v) is 5.95. The Morgan fingerprint density at radius 1 is 1.17 bits per heavy atom. The fourth-order valence-corrected chi connectivity index (χ4v) is 4.21. The minimum atomic E-state index is 0.239. The van der Waals surface area contributed by atoms with Gasteiger partial charge in [0.05, 0.1) is 11.2 Å². The topological polar surface area (TPSA) is 81.5 Å². The van der Waals surface area contributed by atoms with E-state index in [1.54, 1.807) is 12.4 Å². The van der Waals surface area contributed by atoms with Crippen LogP contribution in [-0.2, 0) is 6.42 Å². The fraction of sp³-hybridized carbons (Fsp3) is 0.333. The van der Waals surface area contributed by atoms with E-state index in [-0.39, 0.29) is 6.61 Å². The number of anilines is 1. The van der Waals surface area contributed by atoms with E-state index in [2.05, 4.69) is 46.2 Å². The number of fused-ring (bicyclic) bond motifs is 1. The van der Waals surface area contributed by atoms with Gasteiger partial charge in [0.15, 0.2) is 0 Å². The summed E-state index contributed by atoms with van der Waals surface area (Å²) in [6, 6.07) is 12.7. The molecule has 3 aromatic rings. The molecule has 6 nitrogen and oxygen atoms in total. The predicted octanol–water partition coefficient (Wildman–Crippen LogP) is 3.89. The van der Waals surface area contributed by atoms with E-state index in [0.717, 1.165) is 61.1 Å². The highest BCUT2D eigenvalue weighted by molar-refractivity contribution is 5.91. The summed E-state index contributed by atoms with van der Waals surface area (Å²) in [4.78, 5) is 11.3. The standard InChI is InChI=1S/C24H28N4O2/c1-17(27-30)21-15-24(26-23-8-11-25-16-22(21)23)28-12-9-20(10-13-28)19-6-4-18(5-7-19)3-2-14-29/h4-8,11,15-16,20,27,29-30H,1-3,9-10,12-14H2. The highest BCUT2D eigenvalue weighted by atomic mass is 16.5. The van der Waals surface area contributed by atoms with Crippen LogP contribution in [0, 0.1) is 0 Å². The Morgan fingerprint density at radius 3 is 2.63 bits per heavy atom. The van der Waals surface area contributed by atoms with Crippen LogP contribution in [0.2, 0.25) is 0 Å². The van der Waals surface area contributed by atoms with Gasteiger partial charge in [-0.25, -0.2) is 4.98 Å². The van der Waals surface area contributed by atoms with E-state index in [9.17, 15) is 5.21 Å². The average Bonchev–Trinajstić information content (AvgIpc) is 2.82. The zero-order valence-corrected chi connectivity index (χ0v) is 17.1. The zero-order chi connectivity index (χ0) is 20.9. The van der Waals surface area contributed by atoms with Gasteiger partial charge < -0.3 is 10.0 Å². The lowest BCUT2D eigenvalue weighted by Crippen LogP contribution is -2.33. The minimum Gasteiger partial charge on any atom is -0.396 e. The molecule has 0 radical (unpaired) electrons. The largest absolute Gasteiger partial charge is 0.396 e. The molecule has 2 aromatic heterocycles. The van der Waals surface area contributed by atoms with Gasteiger partial charge in [0.2, 0.25) is 0 Å². The highest BCUT2D eigenvalue weighted by Crippen LogP contribution is 2.32. The molecule has 4 rings (SSSR count). The van der Waals surface area contributed by atoms with Crippen LogP contribution >= 0.6 is 0 Å². The van der Waals surface area contributed by atoms with Crippen LogP contribution in [0.25, 0.3) is 16.6 Å². The van der Waals surface area contributed by atoms with Crippen LogP contribution in [-0.4, -0.2) is 40.0 Å². The molecule has 1 aliphatic rings. The van der Waals surface area contributed by atoms with Crippen LogP contribution < -0.4 is 10.4 Å². The van der Waals surface area contributed by atoms with Crippen molar-refractivity contribution in [1.82, 2.24) is 15.4 Å². The van der Waals surface area contributed by atoms with Gasteiger partial charge in [-0.3, -0.25) is 15.7 Å². The maximum absolute atomic E-state index is 9.36. The SMILES string of the molecule is C=C(NO)c1cc(N2CCC(c3ccc(CCCO)cc3)CC2)nc2ccncc12. The molecule has 1 saturated heterocycles. The molecule has 3 N–H and O–H groups in total. The molecular weight excluding hydrogens is 376 g/mol. The molecule has 0 amide bonds. The first-order valence-corrected chi connectivity index (χ1v) is 10.5. The second-order valence-electron chi connectivity index (χ2n) is 7.84. The number of hydrogen-bond donors (Lipinski definition) is 3. The number of piperidine rings is 1. The van der Waals surface area contributed by atoms with Crippen LogP contribution in [0.5, 0.6) is 0 Å². The van der Waals surface area contributed by atoms with Crippen molar-refractivity contribution in [3.05, 3.63) is 72.1 Å². The molecule has 1 fully saturated rings. The van der Waals surface area contributed by atoms with Crippen molar-refractivity contribution in [2.75, 3.05) is 24.6 Å². The molecule has 30 heavy (non-hydrogen) atoms. The Morgan fingerprint density at radius 2 is 1.93 bits per heavy atom. The summed E-state index contributed by atoms with van der Waals surface area (Å²) in [5, 5.41) is 19.2. The summed E-state index contributed by atoms with van der Waals surface area (Å²) in [6.07, 6.45) is 7.36. The maximum atomic E-state index is 9.36. The van der Waals surface area contributed by atoms with E-state index < -0.39 is 0 Å². The molecule has 0 bridgehead atoms. The highest BCUT2D eigenvalue weighted by Gasteiger charge is 2.22. The fourth-order valence-electron chi connectivity index (χ4n) is 4.21. The maximum Gasteiger partial charge on any atom is 0.129 e. The quantitative estimate of drug-likeness (QED) is 0.519. The molecule has 0 spiro atoms. The normalized spacial score (nSPS) is 14.8. The lowest BCUT2D eigenvalue weighted by Gasteiger charge is -2.33. The summed E-state index contributed by atoms with van der Waals surface area (Å²) in [5.74, 6) is 1.45. The summed E-state index contributed by atoms with van der Waals surface area (Å²) >= 11 is 0. The van der Waals surface area contributed by atoms with Crippen LogP contribution in [0.15, 0.2) is 55.4 Å². The second-order valence-corrected chi connectivity index (χ2v) is 7.84. The zero-order valence-electron chi connectivity index (χ0n) is 17.1. The van der Waals surface area contributed by atoms with E-state index in [0.29, 0.717) is 11.6 Å². The van der Waals surface area contributed by atoms with Crippen molar-refractivity contribution in [1.29, 1.82) is 0 Å². The number of hydroxylamine groups is 1. The van der Waals surface area contributed by atoms with Gasteiger partial charge in [0.1, 0.15) is 5.82 Å². The smallest absolute Gasteiger partial charge is 0.129 e. The van der Waals surface area contributed by atoms with Gasteiger partial charge in [0, 0.05) is 43.0 Å². The average molecular weight is 405 g/mol. The molecule has 0 aliphatic carbocycles. The molecule has 0 saturated carbocycles. The van der Waals surface area contributed by atoms with Crippen LogP contribution in [0.4, 0.5) is 5.82 Å². The summed E-state index contributed by atoms with van der Waals surface area (Å²) < 4.78 is 0. The Labute approximate surface area is 176 Å². The Hall–Kier alpha value is -2.96. The molecule has 0 unspecified atom stereocenters. The monoisotopic (exact) mass is 404 g/mol. The van der Waals surface area contributed by atoms with Crippen molar-refractivity contribution in [2.24, 2.45) is 0 Å². The number of nitrogens with zero attached hydrogens (tertiary/aromatic N) is 3. The van der Waals surface area contributed by atoms with Gasteiger partial charge >= 0.3 is 0 Å². The number of aliphatic hydroxyl groups excluding tert-OH is 1. The van der Waals surface area contributed by atoms with Gasteiger partial charge in [0.25, 0.3) is 0 Å². The first-order chi connectivity index (χ1) is 14.7. The molecule has 1 aliphatic heterocycles. The van der Waals surface area contributed by atoms with Crippen molar-refractivity contribution < 1.29 is 10.3 Å². The number of pyridine rings is 2. The van der Waals surface area contributed by atoms with Crippen LogP contribution in [0.3, 0.4) is 0 Å². The number of aliphatic hydroxyl groups is 1. The molecule has 156 valence electrons. The first-order valence-electron chi connectivity index (χ1n) is 10.5. The first kappa shape index (κ1) is 20.3. The van der Waals surface area contributed by atoms with E-state index in [1.165, 1.54) is 11.1 Å². The number of hydrogen-bond acceptors (Lipinski definition) is 6. The van der Waals surface area contributed by atoms with Crippen molar-refractivity contribution in [2.45, 2.75) is 31.6 Å². The van der Waals surface area contributed by atoms with Gasteiger partial charge in [-0.2, -0.15) is 0 Å². The third-order valence-electron chi connectivity index (χ3n) is 5.95. The minimum absolute atomic E-state index is 0.239. The van der Waals surface area contributed by atoms with Crippen molar-refractivity contribution in [3.8, 4) is 0 Å². The second kappa shape index (κ2) is 9.24. The molecule has 0 atom stereocenters. The Kier molecular flexibility index (Phi) is 6.26. The summed E-state index contributed by atoms with van der Waals surface area (Å²) in [7, 11) is 0. The van der Waals surface area contributed by atoms with Gasteiger partial charge in [-0.15, -0.1) is 0 Å². The number of benzene rings is 1. The van der Waals surface area contributed by atoms with Crippen molar-refractivity contribution >= 4 is 22.4 Å². The molecular formula is C24H28N4O2. The molecule has 1 aromatic carbocycles. The van der Waals surface area contributed by atoms with Crippen molar-refractivity contribution in [3.63, 3.8) is 0 Å². The number of nitrogens with one attached hydrogen (secondary N) is 1. The lowest BCUT2D eigenvalue weighted by molar-refractivity contribution is 0.225. The van der Waals surface area contributed by atoms with Crippen LogP contribution in [0.1, 0.15) is 41.9 Å². The number of rotatable bonds is 7. The lowest BCUT2D eigenvalue weighted by atomic mass is 9.88.